The molecule has 3 heterocycles. The van der Waals surface area contributed by atoms with E-state index in [1.165, 1.54) is 22.3 Å². The summed E-state index contributed by atoms with van der Waals surface area (Å²) < 4.78 is 29.1. The second-order valence-corrected chi connectivity index (χ2v) is 91.1. The summed E-state index contributed by atoms with van der Waals surface area (Å²) in [6.45, 7) is 38.2. The molecule has 0 aromatic carbocycles. The molecule has 11 rings (SSSR count). The largest absolute Gasteiger partial charge is 1.00 e. The molecular weight excluding hydrogens is 2510 g/mol. The van der Waals surface area contributed by atoms with Gasteiger partial charge in [0.15, 0.2) is 8.32 Å². The van der Waals surface area contributed by atoms with Crippen molar-refractivity contribution in [2.75, 3.05) is 4.93 Å². The Bertz CT molecular complexity index is 3570. The number of aliphatic carboxylic acids is 1. The van der Waals surface area contributed by atoms with Crippen molar-refractivity contribution in [1.82, 2.24) is 0 Å². The van der Waals surface area contributed by atoms with Crippen LogP contribution in [0.15, 0.2) is 95.2 Å². The van der Waals surface area contributed by atoms with Crippen LogP contribution in [0.3, 0.4) is 0 Å². The maximum Gasteiger partial charge on any atom is 1.00 e. The molecule has 126 heavy (non-hydrogen) atoms. The smallest absolute Gasteiger partial charge is 0.870 e. The molecule has 0 aromatic heterocycles. The first-order valence-corrected chi connectivity index (χ1v) is 72.8. The van der Waals surface area contributed by atoms with Crippen LogP contribution in [0.1, 0.15) is 252 Å². The predicted molar refractivity (Wildman–Crippen MR) is 556 cm³/mol. The summed E-state index contributed by atoms with van der Waals surface area (Å²) in [5, 5.41) is 79.8. The van der Waals surface area contributed by atoms with Crippen LogP contribution >= 0.6 is 158 Å². The topological polar surface area (TPSA) is 340 Å². The summed E-state index contributed by atoms with van der Waals surface area (Å²) in [5.74, 6) is 3.18. The Morgan fingerprint density at radius 3 is 1.20 bits per heavy atom. The Hall–Kier alpha value is 1.96. The zero-order chi connectivity index (χ0) is 92.9. The number of carboxylic acids is 1. The fourth-order valence-corrected chi connectivity index (χ4v) is 20.7. The molecule has 11 aliphatic rings. The molecule has 0 bridgehead atoms. The molecule has 0 saturated carbocycles. The molecule has 3 aliphatic heterocycles. The zero-order valence-corrected chi connectivity index (χ0v) is 98.0. The number of alkyl halides is 1. The maximum absolute atomic E-state index is 12.5. The molecule has 20 nitrogen and oxygen atoms in total. The minimum atomic E-state index is -1.91. The number of allylic oxidation sites excluding steroid dienone is 12. The Balaban J connectivity index is 0.000000787. The number of carbonyl (C=O) groups excluding carboxylic acids is 5. The van der Waals surface area contributed by atoms with Gasteiger partial charge in [0.2, 0.25) is 5.24 Å². The van der Waals surface area contributed by atoms with Gasteiger partial charge in [-0.2, -0.15) is 0 Å². The van der Waals surface area contributed by atoms with Gasteiger partial charge in [-0.3, -0.25) is 28.8 Å². The van der Waals surface area contributed by atoms with Crippen molar-refractivity contribution in [3.05, 3.63) is 95.2 Å². The Morgan fingerprint density at radius 1 is 0.556 bits per heavy atom. The summed E-state index contributed by atoms with van der Waals surface area (Å²) >= 11 is 19.5. The van der Waals surface area contributed by atoms with Gasteiger partial charge < -0.3 is 69.7 Å². The number of hydrogen-bond acceptors (Lipinski definition) is 19. The number of esters is 4. The number of rotatable bonds is 23. The quantitative estimate of drug-likeness (QED) is 0.0118. The van der Waals surface area contributed by atoms with Crippen LogP contribution in [0.5, 0.6) is 0 Å². The molecule has 9 N–H and O–H groups in total. The van der Waals surface area contributed by atoms with E-state index in [0.717, 1.165) is 89.9 Å². The Morgan fingerprint density at radius 2 is 0.881 bits per heavy atom. The fraction of sp³-hybridized carbons (Fsp3) is 0.766. The van der Waals surface area contributed by atoms with E-state index in [1.54, 1.807) is 0 Å². The second kappa shape index (κ2) is 62.2. The summed E-state index contributed by atoms with van der Waals surface area (Å²) in [6, 6.07) is 0. The third-order valence-corrected chi connectivity index (χ3v) is 32.4. The second-order valence-electron chi connectivity index (χ2n) is 38.8. The predicted octanol–water partition coefficient (Wildman–Crippen LogP) is 19.6. The van der Waals surface area contributed by atoms with E-state index >= 15 is 0 Å². The molecule has 32 heteroatoms. The van der Waals surface area contributed by atoms with Gasteiger partial charge in [0.25, 0.3) is 0 Å². The number of halogens is 8. The molecule has 3 fully saturated rings. The molecule has 0 unspecified atom stereocenters. The van der Waals surface area contributed by atoms with Gasteiger partial charge in [-0.05, 0) is 224 Å². The van der Waals surface area contributed by atoms with Crippen LogP contribution in [0.2, 0.25) is 18.1 Å². The number of fused-ring (bicyclic) bond motifs is 4. The van der Waals surface area contributed by atoms with E-state index in [4.69, 9.17) is 40.1 Å². The first-order chi connectivity index (χ1) is 57.5. The van der Waals surface area contributed by atoms with Gasteiger partial charge in [-0.1, -0.05) is 206 Å². The molecular formula is C94H152ClI7LiO20SiV2. The van der Waals surface area contributed by atoms with Gasteiger partial charge in [-0.25, -0.2) is 0 Å². The summed E-state index contributed by atoms with van der Waals surface area (Å²) in [6.07, 6.45) is 35.8. The number of aliphatic hydroxyl groups excluding tert-OH is 7. The summed E-state index contributed by atoms with van der Waals surface area (Å²) in [4.78, 5) is 70.7. The number of cyclic esters (lactones) is 3. The van der Waals surface area contributed by atoms with Gasteiger partial charge in [0, 0.05) is 48.3 Å². The van der Waals surface area contributed by atoms with Crippen LogP contribution in [0, 0.1) is 106 Å². The van der Waals surface area contributed by atoms with Crippen molar-refractivity contribution in [2.24, 2.45) is 106 Å². The van der Waals surface area contributed by atoms with Crippen molar-refractivity contribution in [2.45, 2.75) is 343 Å². The van der Waals surface area contributed by atoms with Gasteiger partial charge in [0.05, 0.1) is 80.4 Å². The van der Waals surface area contributed by atoms with Crippen molar-refractivity contribution in [1.29, 1.82) is 0 Å². The van der Waals surface area contributed by atoms with E-state index in [2.05, 4.69) is 285 Å². The molecule has 0 aromatic rings. The average molecular weight is 2660 g/mol. The van der Waals surface area contributed by atoms with Crippen LogP contribution in [-0.4, -0.2) is 168 Å². The van der Waals surface area contributed by atoms with Crippen LogP contribution < -0.4 is 18.9 Å². The monoisotopic (exact) mass is 2660 g/mol. The Kier molecular flexibility index (Phi) is 62.2. The van der Waals surface area contributed by atoms with Crippen LogP contribution in [0.4, 0.5) is 0 Å². The van der Waals surface area contributed by atoms with Crippen molar-refractivity contribution < 1.29 is 132 Å². The number of carbonyl (C=O) groups is 6. The van der Waals surface area contributed by atoms with Gasteiger partial charge in [0.1, 0.15) is 24.4 Å². The van der Waals surface area contributed by atoms with Gasteiger partial charge in [-0.15, -0.1) is 24.0 Å². The van der Waals surface area contributed by atoms with Gasteiger partial charge >= 0.3 is 163 Å². The van der Waals surface area contributed by atoms with E-state index in [9.17, 15) is 64.5 Å². The van der Waals surface area contributed by atoms with Crippen molar-refractivity contribution in [3.63, 3.8) is 0 Å². The van der Waals surface area contributed by atoms with Crippen LogP contribution in [0.25, 0.3) is 0 Å². The molecule has 719 valence electrons. The summed E-state index contributed by atoms with van der Waals surface area (Å²) in [5.41, 5.74) is 4.70. The zero-order valence-electron chi connectivity index (χ0n) is 78.2. The molecule has 29 atom stereocenters. The molecule has 0 radical (unpaired) electrons. The molecule has 0 amide bonds. The van der Waals surface area contributed by atoms with Crippen molar-refractivity contribution in [3.8, 4) is 0 Å². The minimum absolute atomic E-state index is 0. The normalized spacial score (nSPS) is 33.4. The third-order valence-electron chi connectivity index (χ3n) is 27.4. The molecule has 0 spiro atoms. The maximum atomic E-state index is 12.5. The number of carboxylic acid groups (broad SMARTS) is 1. The molecule has 8 aliphatic carbocycles. The standard InChI is InChI=1S/C25H42O4Si.C24H36O5.C19H30O5.C19H28O4.C6H11ClO.CH3I.6HI.Li.H2O.2V/c1-16-12-18-9-8-17(2)21(24(18)22(26)13-16)11-10-19-14-20(15-23(27)28-19)29-30(6,7)25(3,4)5;1-5-15(3)24(27)29-21-11-14(2)10-17-7-6-16(4)20(23(17)21)9-8-19-12-18(25)13-22(26)28-19;1-11-7-13-4-3-12(2)16(19(13)17(22)8-11)6-5-14(20)9-15(21)10-18(23)24;1-11-7-13-4-3-12(2)16(19(13)17(21)8-11)6-5-15-9-14(20)10-18(22)23-15;1-4-6(2,3)5(7)8;1-2;;;;;;;;;;/h8-9,12,16-17,19-22,24,26H,10-11,13-15H2,1-7H3;6-7,10,14-16,18-21,23,25H,5,8-9,11-13H2,1-4H3;3-4,7,11-12,14-17,19-22H,5-6,8-10H2,1-2H3,(H,23,24);3-4,7,11-12,14-17,19-21H,5-6,8-10H2,1-2H3;4H2,1-3H3;1H3;6*1H;;1H2;;/q;;;;;;;;;;;;+1;;+2;+3/p-6/t16-,17-,19+,20+,21-,22-,24-;14-,15-,16-,18+,19+,20-,21-,23-;2*11-,12-,14+,15+,16-,17-,19-;;;;;;;;;;;;/m0000............/s1. The Labute approximate surface area is 871 Å². The van der Waals surface area contributed by atoms with Crippen molar-refractivity contribution >= 4 is 201 Å². The molecule has 3 saturated heterocycles. The SMILES string of the molecule is CCC(C)(C)C(=O)Cl.CC[C@H](C)C(=O)O[C@H]1C[C@@H](C)C=C2C=C[C@H](C)[C@H](CC[C@@H]3C[C@@H](O)CC(=O)O3)[C@H]21.CI.C[C@H]1C=C2C=C[C@H](C)[C@H](CC[C@@H](O)C[C@@H](O)CC(=O)O)[C@H]2[C@@H](O)C1.C[C@H]1C=C2C=C[C@H](C)[C@H](CC[C@@H]3C[C@@H](O)CC(=O)O3)[C@H]2[C@@H](O)C1.C[C@H]1C=C2C=C[C@H](C)[C@H](CC[C@@H]3C[C@@H](O[Si](C)(C)C(C)(C)C)CC(=O)O3)[C@H]2[C@@H](O)C1.I.[I][V]([I])[I].[I][V][I].[Li+].[OH-]. The number of hydrogen-bond donors (Lipinski definition) is 8. The number of ether oxygens (including phenoxy) is 4. The van der Waals surface area contributed by atoms with E-state index in [0.29, 0.717) is 100 Å². The first kappa shape index (κ1) is 126. The fourth-order valence-electron chi connectivity index (χ4n) is 19.2. The number of aliphatic hydroxyl groups is 7. The summed E-state index contributed by atoms with van der Waals surface area (Å²) in [7, 11) is -1.29. The van der Waals surface area contributed by atoms with E-state index < -0.39 is 38.7 Å². The van der Waals surface area contributed by atoms with E-state index in [1.807, 2.05) is 39.5 Å². The van der Waals surface area contributed by atoms with E-state index in [-0.39, 0.29) is 203 Å². The average Bonchev–Trinajstić information content (AvgIpc) is 0.736. The minimum Gasteiger partial charge on any atom is -0.870 e. The third kappa shape index (κ3) is 42.6. The first-order valence-electron chi connectivity index (χ1n) is 44.8. The van der Waals surface area contributed by atoms with Crippen LogP contribution in [-0.2, 0) is 66.5 Å².